The summed E-state index contributed by atoms with van der Waals surface area (Å²) in [5, 5.41) is 0. The largest absolute Gasteiger partial charge is 0.296 e. The average Bonchev–Trinajstić information content (AvgIpc) is 2.05. The Labute approximate surface area is 83.5 Å². The monoisotopic (exact) mass is 183 g/mol. The molecule has 13 heavy (non-hydrogen) atoms. The summed E-state index contributed by atoms with van der Waals surface area (Å²) in [5.74, 6) is 0. The molecule has 0 aromatic heterocycles. The Morgan fingerprint density at radius 1 is 1.08 bits per heavy atom. The third-order valence-electron chi connectivity index (χ3n) is 3.22. The standard InChI is InChI=1S/C12H25N/c1-5-13(12(2,3)4)11-9-7-6-8-10-11/h11H,5-10H2,1-4H3. The Kier molecular flexibility index (Phi) is 3.78. The summed E-state index contributed by atoms with van der Waals surface area (Å²) < 4.78 is 0. The van der Waals surface area contributed by atoms with Gasteiger partial charge in [0.2, 0.25) is 0 Å². The summed E-state index contributed by atoms with van der Waals surface area (Å²) in [6.07, 6.45) is 7.18. The van der Waals surface area contributed by atoms with E-state index in [0.29, 0.717) is 5.54 Å². The second kappa shape index (κ2) is 4.45. The zero-order valence-corrected chi connectivity index (χ0v) is 9.77. The Morgan fingerprint density at radius 3 is 2.00 bits per heavy atom. The predicted molar refractivity (Wildman–Crippen MR) is 59.0 cm³/mol. The van der Waals surface area contributed by atoms with E-state index in [-0.39, 0.29) is 0 Å². The Balaban J connectivity index is 2.54. The van der Waals surface area contributed by atoms with E-state index < -0.39 is 0 Å². The van der Waals surface area contributed by atoms with Gasteiger partial charge in [0.25, 0.3) is 0 Å². The molecule has 0 aromatic rings. The molecule has 1 fully saturated rings. The fourth-order valence-electron chi connectivity index (χ4n) is 2.67. The molecule has 0 aromatic carbocycles. The summed E-state index contributed by atoms with van der Waals surface area (Å²) in [7, 11) is 0. The lowest BCUT2D eigenvalue weighted by molar-refractivity contribution is 0.0665. The predicted octanol–water partition coefficient (Wildman–Crippen LogP) is 3.44. The summed E-state index contributed by atoms with van der Waals surface area (Å²) in [6, 6.07) is 0.860. The second-order valence-electron chi connectivity index (χ2n) is 5.25. The number of nitrogens with zero attached hydrogens (tertiary/aromatic N) is 1. The molecule has 1 aliphatic carbocycles. The van der Waals surface area contributed by atoms with Gasteiger partial charge in [-0.25, -0.2) is 0 Å². The first-order chi connectivity index (χ1) is 6.05. The van der Waals surface area contributed by atoms with E-state index in [1.165, 1.54) is 38.6 Å². The van der Waals surface area contributed by atoms with Crippen LogP contribution in [0.15, 0.2) is 0 Å². The third-order valence-corrected chi connectivity index (χ3v) is 3.22. The van der Waals surface area contributed by atoms with Crippen molar-refractivity contribution >= 4 is 0 Å². The Bertz CT molecular complexity index is 140. The van der Waals surface area contributed by atoms with E-state index in [1.54, 1.807) is 0 Å². The molecular weight excluding hydrogens is 158 g/mol. The Morgan fingerprint density at radius 2 is 1.62 bits per heavy atom. The highest BCUT2D eigenvalue weighted by Gasteiger charge is 2.28. The van der Waals surface area contributed by atoms with E-state index in [0.717, 1.165) is 6.04 Å². The molecule has 1 heteroatoms. The van der Waals surface area contributed by atoms with Crippen LogP contribution >= 0.6 is 0 Å². The number of hydrogen-bond donors (Lipinski definition) is 0. The summed E-state index contributed by atoms with van der Waals surface area (Å²) in [5.41, 5.74) is 0.358. The molecule has 1 saturated carbocycles. The number of rotatable bonds is 2. The molecule has 1 rings (SSSR count). The van der Waals surface area contributed by atoms with Crippen molar-refractivity contribution in [2.75, 3.05) is 6.54 Å². The maximum Gasteiger partial charge on any atom is 0.0127 e. The average molecular weight is 183 g/mol. The molecular formula is C12H25N. The van der Waals surface area contributed by atoms with Crippen molar-refractivity contribution in [1.29, 1.82) is 0 Å². The highest BCUT2D eigenvalue weighted by atomic mass is 15.2. The van der Waals surface area contributed by atoms with Crippen LogP contribution in [0.2, 0.25) is 0 Å². The van der Waals surface area contributed by atoms with Crippen LogP contribution in [-0.4, -0.2) is 23.0 Å². The maximum absolute atomic E-state index is 2.67. The zero-order chi connectivity index (χ0) is 9.90. The zero-order valence-electron chi connectivity index (χ0n) is 9.77. The van der Waals surface area contributed by atoms with Gasteiger partial charge in [-0.2, -0.15) is 0 Å². The molecule has 0 amide bonds. The lowest BCUT2D eigenvalue weighted by atomic mass is 9.91. The minimum atomic E-state index is 0.358. The van der Waals surface area contributed by atoms with Gasteiger partial charge in [0.05, 0.1) is 0 Å². The van der Waals surface area contributed by atoms with Crippen LogP contribution in [0.3, 0.4) is 0 Å². The molecule has 78 valence electrons. The molecule has 0 N–H and O–H groups in total. The maximum atomic E-state index is 2.67. The minimum Gasteiger partial charge on any atom is -0.296 e. The minimum absolute atomic E-state index is 0.358. The summed E-state index contributed by atoms with van der Waals surface area (Å²) >= 11 is 0. The first-order valence-electron chi connectivity index (χ1n) is 5.82. The highest BCUT2D eigenvalue weighted by Crippen LogP contribution is 2.27. The van der Waals surface area contributed by atoms with E-state index in [9.17, 15) is 0 Å². The molecule has 0 radical (unpaired) electrons. The van der Waals surface area contributed by atoms with E-state index in [2.05, 4.69) is 32.6 Å². The highest BCUT2D eigenvalue weighted by molar-refractivity contribution is 4.84. The van der Waals surface area contributed by atoms with Gasteiger partial charge in [-0.1, -0.05) is 26.2 Å². The first-order valence-corrected chi connectivity index (χ1v) is 5.82. The molecule has 1 aliphatic rings. The van der Waals surface area contributed by atoms with Crippen LogP contribution in [0, 0.1) is 0 Å². The van der Waals surface area contributed by atoms with Gasteiger partial charge in [0, 0.05) is 11.6 Å². The first kappa shape index (κ1) is 11.0. The molecule has 0 spiro atoms. The third kappa shape index (κ3) is 2.98. The topological polar surface area (TPSA) is 3.24 Å². The van der Waals surface area contributed by atoms with Crippen molar-refractivity contribution in [2.24, 2.45) is 0 Å². The van der Waals surface area contributed by atoms with Crippen molar-refractivity contribution in [1.82, 2.24) is 4.90 Å². The van der Waals surface area contributed by atoms with E-state index in [1.807, 2.05) is 0 Å². The van der Waals surface area contributed by atoms with Crippen LogP contribution < -0.4 is 0 Å². The fraction of sp³-hybridized carbons (Fsp3) is 1.00. The van der Waals surface area contributed by atoms with Crippen molar-refractivity contribution in [3.63, 3.8) is 0 Å². The van der Waals surface area contributed by atoms with Crippen molar-refractivity contribution in [3.8, 4) is 0 Å². The molecule has 0 unspecified atom stereocenters. The lowest BCUT2D eigenvalue weighted by Crippen LogP contribution is -2.48. The van der Waals surface area contributed by atoms with Gasteiger partial charge in [0.15, 0.2) is 0 Å². The molecule has 0 atom stereocenters. The van der Waals surface area contributed by atoms with Gasteiger partial charge in [-0.3, -0.25) is 4.90 Å². The van der Waals surface area contributed by atoms with Gasteiger partial charge < -0.3 is 0 Å². The van der Waals surface area contributed by atoms with Crippen molar-refractivity contribution in [3.05, 3.63) is 0 Å². The van der Waals surface area contributed by atoms with Gasteiger partial charge >= 0.3 is 0 Å². The smallest absolute Gasteiger partial charge is 0.0127 e. The van der Waals surface area contributed by atoms with Crippen LogP contribution in [0.5, 0.6) is 0 Å². The number of hydrogen-bond acceptors (Lipinski definition) is 1. The van der Waals surface area contributed by atoms with Gasteiger partial charge in [-0.15, -0.1) is 0 Å². The van der Waals surface area contributed by atoms with Crippen LogP contribution in [-0.2, 0) is 0 Å². The van der Waals surface area contributed by atoms with E-state index >= 15 is 0 Å². The van der Waals surface area contributed by atoms with Crippen LogP contribution in [0.1, 0.15) is 59.8 Å². The van der Waals surface area contributed by atoms with Crippen molar-refractivity contribution in [2.45, 2.75) is 71.4 Å². The van der Waals surface area contributed by atoms with Crippen LogP contribution in [0.4, 0.5) is 0 Å². The van der Waals surface area contributed by atoms with Gasteiger partial charge in [0.1, 0.15) is 0 Å². The second-order valence-corrected chi connectivity index (χ2v) is 5.25. The fourth-order valence-corrected chi connectivity index (χ4v) is 2.67. The molecule has 1 nitrogen and oxygen atoms in total. The van der Waals surface area contributed by atoms with E-state index in [4.69, 9.17) is 0 Å². The van der Waals surface area contributed by atoms with Gasteiger partial charge in [-0.05, 0) is 40.2 Å². The Hall–Kier alpha value is -0.0400. The molecule has 0 aliphatic heterocycles. The van der Waals surface area contributed by atoms with Crippen molar-refractivity contribution < 1.29 is 0 Å². The molecule has 0 bridgehead atoms. The normalized spacial score (nSPS) is 21.0. The molecule has 0 saturated heterocycles. The van der Waals surface area contributed by atoms with Crippen LogP contribution in [0.25, 0.3) is 0 Å². The molecule has 0 heterocycles. The summed E-state index contributed by atoms with van der Waals surface area (Å²) in [4.78, 5) is 2.67. The SMILES string of the molecule is CCN(C1CCCCC1)C(C)(C)C. The lowest BCUT2D eigenvalue weighted by Gasteiger charge is -2.42. The quantitative estimate of drug-likeness (QED) is 0.634. The summed E-state index contributed by atoms with van der Waals surface area (Å²) in [6.45, 7) is 10.5.